The summed E-state index contributed by atoms with van der Waals surface area (Å²) in [5, 5.41) is 0. The molecule has 2 unspecified atom stereocenters. The van der Waals surface area contributed by atoms with E-state index in [0.717, 1.165) is 18.2 Å². The maximum Gasteiger partial charge on any atom is 0.223 e. The SMILES string of the molecule is CC(c1cc(F)ccc1F)N1CC(CS)CC1=O. The van der Waals surface area contributed by atoms with E-state index in [4.69, 9.17) is 0 Å². The summed E-state index contributed by atoms with van der Waals surface area (Å²) >= 11 is 4.18. The molecule has 0 bridgehead atoms. The summed E-state index contributed by atoms with van der Waals surface area (Å²) in [6.45, 7) is 2.27. The first-order valence-electron chi connectivity index (χ1n) is 5.88. The van der Waals surface area contributed by atoms with Crippen molar-refractivity contribution in [2.24, 2.45) is 5.92 Å². The number of halogens is 2. The average Bonchev–Trinajstić information content (AvgIpc) is 2.73. The summed E-state index contributed by atoms with van der Waals surface area (Å²) in [6.07, 6.45) is 0.435. The van der Waals surface area contributed by atoms with Crippen molar-refractivity contribution >= 4 is 18.5 Å². The van der Waals surface area contributed by atoms with Crippen LogP contribution in [0.15, 0.2) is 18.2 Å². The highest BCUT2D eigenvalue weighted by atomic mass is 32.1. The van der Waals surface area contributed by atoms with Crippen LogP contribution in [0.3, 0.4) is 0 Å². The van der Waals surface area contributed by atoms with Crippen LogP contribution in [0, 0.1) is 17.6 Å². The molecule has 98 valence electrons. The third kappa shape index (κ3) is 2.51. The zero-order chi connectivity index (χ0) is 13.3. The normalized spacial score (nSPS) is 21.4. The number of hydrogen-bond donors (Lipinski definition) is 1. The van der Waals surface area contributed by atoms with Crippen molar-refractivity contribution in [2.75, 3.05) is 12.3 Å². The molecule has 1 aromatic carbocycles. The van der Waals surface area contributed by atoms with Gasteiger partial charge in [0, 0.05) is 18.5 Å². The van der Waals surface area contributed by atoms with Crippen LogP contribution in [0.5, 0.6) is 0 Å². The van der Waals surface area contributed by atoms with Crippen molar-refractivity contribution in [2.45, 2.75) is 19.4 Å². The minimum absolute atomic E-state index is 0.0230. The van der Waals surface area contributed by atoms with Gasteiger partial charge in [-0.05, 0) is 36.8 Å². The Morgan fingerprint density at radius 3 is 2.83 bits per heavy atom. The third-order valence-electron chi connectivity index (χ3n) is 3.37. The number of carbonyl (C=O) groups is 1. The first-order valence-corrected chi connectivity index (χ1v) is 6.51. The van der Waals surface area contributed by atoms with E-state index in [1.165, 1.54) is 0 Å². The molecule has 0 aliphatic carbocycles. The quantitative estimate of drug-likeness (QED) is 0.838. The second-order valence-electron chi connectivity index (χ2n) is 4.64. The first-order chi connectivity index (χ1) is 8.52. The molecule has 1 fully saturated rings. The lowest BCUT2D eigenvalue weighted by molar-refractivity contribution is -0.129. The van der Waals surface area contributed by atoms with Gasteiger partial charge in [0.2, 0.25) is 5.91 Å². The topological polar surface area (TPSA) is 20.3 Å². The number of benzene rings is 1. The van der Waals surface area contributed by atoms with Crippen LogP contribution in [0.4, 0.5) is 8.78 Å². The fourth-order valence-corrected chi connectivity index (χ4v) is 2.55. The van der Waals surface area contributed by atoms with E-state index >= 15 is 0 Å². The van der Waals surface area contributed by atoms with Crippen molar-refractivity contribution in [3.05, 3.63) is 35.4 Å². The maximum atomic E-state index is 13.7. The molecule has 1 heterocycles. The molecule has 0 radical (unpaired) electrons. The van der Waals surface area contributed by atoms with Crippen molar-refractivity contribution in [3.8, 4) is 0 Å². The van der Waals surface area contributed by atoms with Crippen LogP contribution in [-0.2, 0) is 4.79 Å². The monoisotopic (exact) mass is 271 g/mol. The number of rotatable bonds is 3. The van der Waals surface area contributed by atoms with E-state index in [-0.39, 0.29) is 17.4 Å². The molecule has 1 aliphatic rings. The number of thiol groups is 1. The molecule has 1 saturated heterocycles. The van der Waals surface area contributed by atoms with E-state index < -0.39 is 17.7 Å². The first kappa shape index (κ1) is 13.3. The summed E-state index contributed by atoms with van der Waals surface area (Å²) in [6, 6.07) is 2.88. The van der Waals surface area contributed by atoms with Crippen LogP contribution < -0.4 is 0 Å². The number of hydrogen-bond acceptors (Lipinski definition) is 2. The highest BCUT2D eigenvalue weighted by Gasteiger charge is 2.33. The Morgan fingerprint density at radius 2 is 2.22 bits per heavy atom. The van der Waals surface area contributed by atoms with E-state index in [1.54, 1.807) is 11.8 Å². The van der Waals surface area contributed by atoms with Gasteiger partial charge >= 0.3 is 0 Å². The third-order valence-corrected chi connectivity index (χ3v) is 3.89. The fraction of sp³-hybridized carbons (Fsp3) is 0.462. The van der Waals surface area contributed by atoms with Gasteiger partial charge in [0.25, 0.3) is 0 Å². The highest BCUT2D eigenvalue weighted by molar-refractivity contribution is 7.80. The van der Waals surface area contributed by atoms with E-state index in [0.29, 0.717) is 18.7 Å². The Balaban J connectivity index is 2.23. The molecule has 0 saturated carbocycles. The number of amides is 1. The molecule has 1 aromatic rings. The lowest BCUT2D eigenvalue weighted by Gasteiger charge is -2.25. The van der Waals surface area contributed by atoms with Crippen molar-refractivity contribution in [3.63, 3.8) is 0 Å². The van der Waals surface area contributed by atoms with Crippen LogP contribution in [0.1, 0.15) is 24.9 Å². The molecule has 1 amide bonds. The summed E-state index contributed by atoms with van der Waals surface area (Å²) in [5.74, 6) is -0.174. The van der Waals surface area contributed by atoms with Crippen molar-refractivity contribution < 1.29 is 13.6 Å². The van der Waals surface area contributed by atoms with Gasteiger partial charge in [-0.25, -0.2) is 8.78 Å². The Kier molecular flexibility index (Phi) is 3.90. The summed E-state index contributed by atoms with van der Waals surface area (Å²) < 4.78 is 26.8. The molecule has 2 atom stereocenters. The molecule has 0 spiro atoms. The second kappa shape index (κ2) is 5.26. The zero-order valence-corrected chi connectivity index (χ0v) is 11.0. The molecule has 2 nitrogen and oxygen atoms in total. The molecular weight excluding hydrogens is 256 g/mol. The van der Waals surface area contributed by atoms with Gasteiger partial charge in [0.1, 0.15) is 11.6 Å². The lowest BCUT2D eigenvalue weighted by atomic mass is 10.1. The molecule has 5 heteroatoms. The largest absolute Gasteiger partial charge is 0.335 e. The predicted molar refractivity (Wildman–Crippen MR) is 68.4 cm³/mol. The van der Waals surface area contributed by atoms with E-state index in [1.807, 2.05) is 0 Å². The lowest BCUT2D eigenvalue weighted by Crippen LogP contribution is -2.29. The zero-order valence-electron chi connectivity index (χ0n) is 10.1. The van der Waals surface area contributed by atoms with Crippen LogP contribution in [0.25, 0.3) is 0 Å². The number of nitrogens with zero attached hydrogens (tertiary/aromatic N) is 1. The Labute approximate surface area is 110 Å². The van der Waals surface area contributed by atoms with Gasteiger partial charge in [0.05, 0.1) is 6.04 Å². The Hall–Kier alpha value is -1.10. The Bertz CT molecular complexity index is 466. The van der Waals surface area contributed by atoms with Gasteiger partial charge < -0.3 is 4.90 Å². The molecule has 1 aliphatic heterocycles. The summed E-state index contributed by atoms with van der Waals surface area (Å²) in [5.41, 5.74) is 0.225. The average molecular weight is 271 g/mol. The molecule has 18 heavy (non-hydrogen) atoms. The highest BCUT2D eigenvalue weighted by Crippen LogP contribution is 2.30. The van der Waals surface area contributed by atoms with E-state index in [2.05, 4.69) is 12.6 Å². The second-order valence-corrected chi connectivity index (χ2v) is 5.01. The van der Waals surface area contributed by atoms with Gasteiger partial charge in [0.15, 0.2) is 0 Å². The maximum absolute atomic E-state index is 13.7. The molecule has 0 N–H and O–H groups in total. The summed E-state index contributed by atoms with van der Waals surface area (Å²) in [7, 11) is 0. The van der Waals surface area contributed by atoms with Gasteiger partial charge in [-0.15, -0.1) is 0 Å². The van der Waals surface area contributed by atoms with Gasteiger partial charge in [-0.3, -0.25) is 4.79 Å². The van der Waals surface area contributed by atoms with Gasteiger partial charge in [-0.2, -0.15) is 12.6 Å². The number of carbonyl (C=O) groups excluding carboxylic acids is 1. The molecular formula is C13H15F2NOS. The summed E-state index contributed by atoms with van der Waals surface area (Å²) in [4.78, 5) is 13.4. The number of likely N-dealkylation sites (tertiary alicyclic amines) is 1. The molecule has 2 rings (SSSR count). The standard InChI is InChI=1S/C13H15F2NOS/c1-8(11-5-10(14)2-3-12(11)15)16-6-9(7-18)4-13(16)17/h2-3,5,8-9,18H,4,6-7H2,1H3. The van der Waals surface area contributed by atoms with Crippen LogP contribution in [0.2, 0.25) is 0 Å². The predicted octanol–water partition coefficient (Wildman–Crippen LogP) is 2.80. The minimum Gasteiger partial charge on any atom is -0.335 e. The van der Waals surface area contributed by atoms with E-state index in [9.17, 15) is 13.6 Å². The smallest absolute Gasteiger partial charge is 0.223 e. The van der Waals surface area contributed by atoms with Crippen LogP contribution >= 0.6 is 12.6 Å². The van der Waals surface area contributed by atoms with Gasteiger partial charge in [-0.1, -0.05) is 0 Å². The van der Waals surface area contributed by atoms with Crippen molar-refractivity contribution in [1.29, 1.82) is 0 Å². The van der Waals surface area contributed by atoms with Crippen LogP contribution in [-0.4, -0.2) is 23.1 Å². The Morgan fingerprint density at radius 1 is 1.50 bits per heavy atom. The minimum atomic E-state index is -0.490. The fourth-order valence-electron chi connectivity index (χ4n) is 2.31. The molecule has 0 aromatic heterocycles. The van der Waals surface area contributed by atoms with Crippen molar-refractivity contribution in [1.82, 2.24) is 4.90 Å².